The fourth-order valence-corrected chi connectivity index (χ4v) is 4.56. The fraction of sp³-hybridized carbons (Fsp3) is 1.00. The fourth-order valence-electron chi connectivity index (χ4n) is 4.56. The molecule has 0 unspecified atom stereocenters. The minimum atomic E-state index is 0.804. The van der Waals surface area contributed by atoms with Crippen molar-refractivity contribution >= 4 is 0 Å². The molecule has 0 aromatic carbocycles. The van der Waals surface area contributed by atoms with E-state index >= 15 is 0 Å². The summed E-state index contributed by atoms with van der Waals surface area (Å²) in [5, 5.41) is 0. The second kappa shape index (κ2) is 27.9. The predicted octanol–water partition coefficient (Wildman–Crippen LogP) is 7.81. The molecule has 3 heteroatoms. The van der Waals surface area contributed by atoms with Crippen LogP contribution in [0.15, 0.2) is 0 Å². The van der Waals surface area contributed by atoms with Crippen molar-refractivity contribution in [3.8, 4) is 0 Å². The normalized spacial score (nSPS) is 11.6. The Morgan fingerprint density at radius 2 is 0.613 bits per heavy atom. The van der Waals surface area contributed by atoms with E-state index in [4.69, 9.17) is 11.5 Å². The summed E-state index contributed by atoms with van der Waals surface area (Å²) in [6, 6.07) is 0. The van der Waals surface area contributed by atoms with E-state index in [2.05, 4.69) is 11.8 Å². The molecule has 0 aliphatic rings. The summed E-state index contributed by atoms with van der Waals surface area (Å²) in [6.07, 6.45) is 31.2. The van der Waals surface area contributed by atoms with Gasteiger partial charge in [-0.25, -0.2) is 0 Å². The van der Waals surface area contributed by atoms with Gasteiger partial charge in [0.1, 0.15) is 0 Å². The first-order chi connectivity index (χ1) is 15.3. The first kappa shape index (κ1) is 30.9. The Kier molecular flexibility index (Phi) is 27.8. The Hall–Kier alpha value is -0.120. The predicted molar refractivity (Wildman–Crippen MR) is 142 cm³/mol. The summed E-state index contributed by atoms with van der Waals surface area (Å²) >= 11 is 0. The van der Waals surface area contributed by atoms with Gasteiger partial charge < -0.3 is 16.4 Å². The first-order valence-corrected chi connectivity index (χ1v) is 14.5. The van der Waals surface area contributed by atoms with Gasteiger partial charge in [0.15, 0.2) is 0 Å². The smallest absolute Gasteiger partial charge is 0.000671 e. The van der Waals surface area contributed by atoms with Crippen LogP contribution >= 0.6 is 0 Å². The quantitative estimate of drug-likeness (QED) is 0.128. The molecule has 0 amide bonds. The monoisotopic (exact) mass is 439 g/mol. The zero-order chi connectivity index (χ0) is 22.7. The van der Waals surface area contributed by atoms with Crippen LogP contribution in [-0.4, -0.2) is 37.6 Å². The minimum Gasteiger partial charge on any atom is -0.330 e. The average Bonchev–Trinajstić information content (AvgIpc) is 2.79. The largest absolute Gasteiger partial charge is 0.330 e. The molecule has 188 valence electrons. The number of rotatable bonds is 27. The minimum absolute atomic E-state index is 0.804. The molecule has 31 heavy (non-hydrogen) atoms. The lowest BCUT2D eigenvalue weighted by atomic mass is 10.0. The van der Waals surface area contributed by atoms with Gasteiger partial charge in [-0.15, -0.1) is 0 Å². The van der Waals surface area contributed by atoms with Crippen molar-refractivity contribution in [2.45, 2.75) is 148 Å². The van der Waals surface area contributed by atoms with Crippen molar-refractivity contribution in [1.82, 2.24) is 4.90 Å². The molecule has 0 radical (unpaired) electrons. The number of hydrogen-bond acceptors (Lipinski definition) is 3. The highest BCUT2D eigenvalue weighted by molar-refractivity contribution is 4.60. The maximum Gasteiger partial charge on any atom is -0.000671 e. The van der Waals surface area contributed by atoms with Crippen LogP contribution in [0.1, 0.15) is 148 Å². The molecule has 0 rings (SSSR count). The van der Waals surface area contributed by atoms with Gasteiger partial charge in [0.05, 0.1) is 0 Å². The van der Waals surface area contributed by atoms with Crippen LogP contribution in [-0.2, 0) is 0 Å². The van der Waals surface area contributed by atoms with Crippen molar-refractivity contribution in [3.05, 3.63) is 0 Å². The van der Waals surface area contributed by atoms with E-state index in [-0.39, 0.29) is 0 Å². The van der Waals surface area contributed by atoms with Gasteiger partial charge in [-0.3, -0.25) is 0 Å². The van der Waals surface area contributed by atoms with E-state index in [0.29, 0.717) is 0 Å². The number of unbranched alkanes of at least 4 members (excludes halogenated alkanes) is 19. The van der Waals surface area contributed by atoms with Crippen molar-refractivity contribution < 1.29 is 0 Å². The van der Waals surface area contributed by atoms with Crippen molar-refractivity contribution in [1.29, 1.82) is 0 Å². The molecule has 0 spiro atoms. The van der Waals surface area contributed by atoms with Gasteiger partial charge >= 0.3 is 0 Å². The van der Waals surface area contributed by atoms with E-state index in [9.17, 15) is 0 Å². The second-order valence-corrected chi connectivity index (χ2v) is 9.84. The highest BCUT2D eigenvalue weighted by Gasteiger charge is 2.03. The molecule has 0 atom stereocenters. The Bertz CT molecular complexity index is 301. The Balaban J connectivity index is 3.20. The average molecular weight is 440 g/mol. The standard InChI is InChI=1S/C28H61N3/c1-2-3-4-5-6-7-8-9-10-11-12-13-14-15-16-17-18-19-20-21-26-31(27-22-24-29)28-23-25-30/h2-30H2,1H3. The van der Waals surface area contributed by atoms with Crippen LogP contribution in [0.4, 0.5) is 0 Å². The SMILES string of the molecule is CCCCCCCCCCCCCCCCCCCCCCN(CCCN)CCCN. The molecule has 0 aromatic heterocycles. The highest BCUT2D eigenvalue weighted by atomic mass is 15.1. The maximum atomic E-state index is 5.66. The lowest BCUT2D eigenvalue weighted by Crippen LogP contribution is -2.29. The van der Waals surface area contributed by atoms with Gasteiger partial charge in [-0.1, -0.05) is 129 Å². The van der Waals surface area contributed by atoms with Gasteiger partial charge in [0.2, 0.25) is 0 Å². The first-order valence-electron chi connectivity index (χ1n) is 14.5. The number of hydrogen-bond donors (Lipinski definition) is 2. The molecular weight excluding hydrogens is 378 g/mol. The molecule has 3 nitrogen and oxygen atoms in total. The molecule has 0 aliphatic heterocycles. The van der Waals surface area contributed by atoms with Crippen LogP contribution < -0.4 is 11.5 Å². The zero-order valence-electron chi connectivity index (χ0n) is 21.7. The van der Waals surface area contributed by atoms with Crippen LogP contribution in [0, 0.1) is 0 Å². The van der Waals surface area contributed by atoms with Crippen LogP contribution in [0.25, 0.3) is 0 Å². The van der Waals surface area contributed by atoms with Gasteiger partial charge in [-0.2, -0.15) is 0 Å². The van der Waals surface area contributed by atoms with Crippen LogP contribution in [0.5, 0.6) is 0 Å². The third kappa shape index (κ3) is 26.0. The molecule has 0 aliphatic carbocycles. The van der Waals surface area contributed by atoms with Gasteiger partial charge in [0, 0.05) is 0 Å². The van der Waals surface area contributed by atoms with E-state index in [1.807, 2.05) is 0 Å². The van der Waals surface area contributed by atoms with Gasteiger partial charge in [-0.05, 0) is 52.0 Å². The lowest BCUT2D eigenvalue weighted by molar-refractivity contribution is 0.263. The summed E-state index contributed by atoms with van der Waals surface area (Å²) in [5.41, 5.74) is 11.3. The van der Waals surface area contributed by atoms with Crippen molar-refractivity contribution in [3.63, 3.8) is 0 Å². The molecule has 0 saturated carbocycles. The molecule has 0 heterocycles. The van der Waals surface area contributed by atoms with E-state index in [0.717, 1.165) is 39.0 Å². The van der Waals surface area contributed by atoms with Crippen LogP contribution in [0.2, 0.25) is 0 Å². The molecule has 0 bridgehead atoms. The number of nitrogens with two attached hydrogens (primary N) is 2. The molecule has 4 N–H and O–H groups in total. The molecular formula is C28H61N3. The van der Waals surface area contributed by atoms with E-state index in [1.54, 1.807) is 0 Å². The highest BCUT2D eigenvalue weighted by Crippen LogP contribution is 2.15. The van der Waals surface area contributed by atoms with Gasteiger partial charge in [0.25, 0.3) is 0 Å². The Morgan fingerprint density at radius 1 is 0.355 bits per heavy atom. The molecule has 0 aromatic rings. The van der Waals surface area contributed by atoms with Crippen molar-refractivity contribution in [2.75, 3.05) is 32.7 Å². The molecule has 0 saturated heterocycles. The number of nitrogens with zero attached hydrogens (tertiary/aromatic N) is 1. The Labute approximate surface area is 197 Å². The van der Waals surface area contributed by atoms with E-state index < -0.39 is 0 Å². The summed E-state index contributed by atoms with van der Waals surface area (Å²) in [6.45, 7) is 7.44. The van der Waals surface area contributed by atoms with Crippen LogP contribution in [0.3, 0.4) is 0 Å². The molecule has 0 fully saturated rings. The third-order valence-electron chi connectivity index (χ3n) is 6.68. The topological polar surface area (TPSA) is 55.3 Å². The third-order valence-corrected chi connectivity index (χ3v) is 6.68. The second-order valence-electron chi connectivity index (χ2n) is 9.84. The zero-order valence-corrected chi connectivity index (χ0v) is 21.7. The van der Waals surface area contributed by atoms with E-state index in [1.165, 1.54) is 135 Å². The summed E-state index contributed by atoms with van der Waals surface area (Å²) in [7, 11) is 0. The van der Waals surface area contributed by atoms with Crippen molar-refractivity contribution in [2.24, 2.45) is 11.5 Å². The summed E-state index contributed by atoms with van der Waals surface area (Å²) in [5.74, 6) is 0. The summed E-state index contributed by atoms with van der Waals surface area (Å²) in [4.78, 5) is 2.56. The maximum absolute atomic E-state index is 5.66. The Morgan fingerprint density at radius 3 is 0.903 bits per heavy atom. The lowest BCUT2D eigenvalue weighted by Gasteiger charge is -2.21. The summed E-state index contributed by atoms with van der Waals surface area (Å²) < 4.78 is 0.